The average Bonchev–Trinajstić information content (AvgIpc) is 2.44. The van der Waals surface area contributed by atoms with Crippen LogP contribution in [0.3, 0.4) is 0 Å². The van der Waals surface area contributed by atoms with Gasteiger partial charge in [-0.15, -0.1) is 0 Å². The lowest BCUT2D eigenvalue weighted by atomic mass is 10.0. The summed E-state index contributed by atoms with van der Waals surface area (Å²) in [7, 11) is 0. The molecule has 112 valence electrons. The number of carbonyl (C=O) groups is 4. The highest BCUT2D eigenvalue weighted by Gasteiger charge is 2.24. The number of hydrogen-bond donors (Lipinski definition) is 2. The SMILES string of the molecule is CC(=O)C(=O)OOC(=O)C(N)CC(=O)c1ccccc1N. The number of ketones is 2. The minimum atomic E-state index is -1.35. The highest BCUT2D eigenvalue weighted by atomic mass is 17.2. The van der Waals surface area contributed by atoms with Crippen molar-refractivity contribution in [3.63, 3.8) is 0 Å². The van der Waals surface area contributed by atoms with E-state index < -0.39 is 29.5 Å². The number of hydrogen-bond acceptors (Lipinski definition) is 8. The van der Waals surface area contributed by atoms with Gasteiger partial charge in [0.15, 0.2) is 5.78 Å². The molecule has 1 rings (SSSR count). The smallest absolute Gasteiger partial charge is 0.398 e. The Morgan fingerprint density at radius 2 is 1.76 bits per heavy atom. The Bertz CT molecular complexity index is 584. The molecule has 0 radical (unpaired) electrons. The lowest BCUT2D eigenvalue weighted by Gasteiger charge is -2.09. The molecule has 0 heterocycles. The van der Waals surface area contributed by atoms with Crippen molar-refractivity contribution in [2.45, 2.75) is 19.4 Å². The summed E-state index contributed by atoms with van der Waals surface area (Å²) in [6.45, 7) is 0.942. The third kappa shape index (κ3) is 4.69. The van der Waals surface area contributed by atoms with E-state index in [2.05, 4.69) is 9.78 Å². The molecule has 0 aliphatic carbocycles. The molecule has 0 saturated carbocycles. The van der Waals surface area contributed by atoms with Gasteiger partial charge in [0.25, 0.3) is 0 Å². The fraction of sp³-hybridized carbons (Fsp3) is 0.231. The number of para-hydroxylation sites is 1. The Kier molecular flexibility index (Phi) is 5.56. The van der Waals surface area contributed by atoms with Gasteiger partial charge in [0, 0.05) is 24.6 Å². The zero-order valence-corrected chi connectivity index (χ0v) is 11.2. The van der Waals surface area contributed by atoms with E-state index in [-0.39, 0.29) is 17.7 Å². The van der Waals surface area contributed by atoms with E-state index in [1.54, 1.807) is 12.1 Å². The van der Waals surface area contributed by atoms with Crippen molar-refractivity contribution in [2.24, 2.45) is 5.73 Å². The molecule has 0 amide bonds. The minimum absolute atomic E-state index is 0.224. The highest BCUT2D eigenvalue weighted by molar-refractivity contribution is 6.32. The normalized spacial score (nSPS) is 11.3. The van der Waals surface area contributed by atoms with Crippen LogP contribution in [0.25, 0.3) is 0 Å². The molecule has 0 spiro atoms. The summed E-state index contributed by atoms with van der Waals surface area (Å²) in [5.41, 5.74) is 11.6. The van der Waals surface area contributed by atoms with Gasteiger partial charge >= 0.3 is 11.9 Å². The van der Waals surface area contributed by atoms with Gasteiger partial charge in [0.2, 0.25) is 5.78 Å². The number of nitrogen functional groups attached to an aromatic ring is 1. The molecule has 0 fully saturated rings. The summed E-state index contributed by atoms with van der Waals surface area (Å²) >= 11 is 0. The summed E-state index contributed by atoms with van der Waals surface area (Å²) in [4.78, 5) is 52.7. The van der Waals surface area contributed by atoms with Crippen LogP contribution < -0.4 is 11.5 Å². The predicted molar refractivity (Wildman–Crippen MR) is 70.6 cm³/mol. The van der Waals surface area contributed by atoms with Gasteiger partial charge in [0.1, 0.15) is 6.04 Å². The second-order valence-electron chi connectivity index (χ2n) is 4.15. The van der Waals surface area contributed by atoms with E-state index in [1.807, 2.05) is 0 Å². The summed E-state index contributed by atoms with van der Waals surface area (Å²) in [6.07, 6.45) is -0.384. The molecular weight excluding hydrogens is 280 g/mol. The molecule has 0 bridgehead atoms. The molecule has 0 aliphatic heterocycles. The molecule has 0 aliphatic rings. The summed E-state index contributed by atoms with van der Waals surface area (Å²) in [5, 5.41) is 0. The third-order valence-electron chi connectivity index (χ3n) is 2.46. The number of anilines is 1. The van der Waals surface area contributed by atoms with Crippen molar-refractivity contribution in [1.82, 2.24) is 0 Å². The van der Waals surface area contributed by atoms with E-state index >= 15 is 0 Å². The first-order valence-electron chi connectivity index (χ1n) is 5.89. The van der Waals surface area contributed by atoms with Gasteiger partial charge in [-0.2, -0.15) is 0 Å². The van der Waals surface area contributed by atoms with Crippen LogP contribution in [-0.2, 0) is 24.2 Å². The highest BCUT2D eigenvalue weighted by Crippen LogP contribution is 2.13. The van der Waals surface area contributed by atoms with E-state index in [1.165, 1.54) is 12.1 Å². The number of carbonyl (C=O) groups excluding carboxylic acids is 4. The molecule has 8 nitrogen and oxygen atoms in total. The van der Waals surface area contributed by atoms with Crippen LogP contribution in [0.5, 0.6) is 0 Å². The van der Waals surface area contributed by atoms with Crippen LogP contribution in [0.15, 0.2) is 24.3 Å². The summed E-state index contributed by atoms with van der Waals surface area (Å²) in [5.74, 6) is -3.89. The molecule has 21 heavy (non-hydrogen) atoms. The van der Waals surface area contributed by atoms with E-state index in [4.69, 9.17) is 11.5 Å². The fourth-order valence-corrected chi connectivity index (χ4v) is 1.34. The topological polar surface area (TPSA) is 139 Å². The lowest BCUT2D eigenvalue weighted by Crippen LogP contribution is -2.35. The van der Waals surface area contributed by atoms with Crippen LogP contribution in [0, 0.1) is 0 Å². The van der Waals surface area contributed by atoms with Crippen molar-refractivity contribution in [3.05, 3.63) is 29.8 Å². The maximum Gasteiger partial charge on any atom is 0.421 e. The first-order chi connectivity index (χ1) is 9.82. The number of nitrogens with two attached hydrogens (primary N) is 2. The standard InChI is InChI=1S/C13H14N2O6/c1-7(16)12(18)20-21-13(19)10(15)6-11(17)8-4-2-3-5-9(8)14/h2-5,10H,6,14-15H2,1H3. The molecule has 1 atom stereocenters. The van der Waals surface area contributed by atoms with Crippen molar-refractivity contribution >= 4 is 29.2 Å². The van der Waals surface area contributed by atoms with Gasteiger partial charge < -0.3 is 11.5 Å². The zero-order valence-electron chi connectivity index (χ0n) is 11.2. The Labute approximate surface area is 119 Å². The van der Waals surface area contributed by atoms with Gasteiger partial charge in [0.05, 0.1) is 0 Å². The van der Waals surface area contributed by atoms with E-state index in [0.29, 0.717) is 0 Å². The van der Waals surface area contributed by atoms with Crippen molar-refractivity contribution in [1.29, 1.82) is 0 Å². The Morgan fingerprint density at radius 3 is 2.33 bits per heavy atom. The monoisotopic (exact) mass is 294 g/mol. The molecule has 8 heteroatoms. The van der Waals surface area contributed by atoms with Crippen LogP contribution in [0.1, 0.15) is 23.7 Å². The molecule has 1 aromatic rings. The van der Waals surface area contributed by atoms with Gasteiger partial charge in [-0.1, -0.05) is 12.1 Å². The first kappa shape index (κ1) is 16.3. The van der Waals surface area contributed by atoms with E-state index in [0.717, 1.165) is 6.92 Å². The Balaban J connectivity index is 2.56. The second-order valence-corrected chi connectivity index (χ2v) is 4.15. The number of benzene rings is 1. The quantitative estimate of drug-likeness (QED) is 0.249. The van der Waals surface area contributed by atoms with Crippen LogP contribution in [-0.4, -0.2) is 29.5 Å². The number of Topliss-reactive ketones (excluding diaryl/α,β-unsaturated/α-hetero) is 2. The summed E-state index contributed by atoms with van der Waals surface area (Å²) < 4.78 is 0. The van der Waals surface area contributed by atoms with Crippen LogP contribution in [0.2, 0.25) is 0 Å². The maximum absolute atomic E-state index is 11.9. The minimum Gasteiger partial charge on any atom is -0.398 e. The fourth-order valence-electron chi connectivity index (χ4n) is 1.34. The van der Waals surface area contributed by atoms with Crippen LogP contribution >= 0.6 is 0 Å². The van der Waals surface area contributed by atoms with Gasteiger partial charge in [-0.3, -0.25) is 9.59 Å². The first-order valence-corrected chi connectivity index (χ1v) is 5.89. The largest absolute Gasteiger partial charge is 0.421 e. The second kappa shape index (κ2) is 7.15. The van der Waals surface area contributed by atoms with Crippen molar-refractivity contribution < 1.29 is 29.0 Å². The molecule has 0 aromatic heterocycles. The average molecular weight is 294 g/mol. The van der Waals surface area contributed by atoms with Crippen molar-refractivity contribution in [2.75, 3.05) is 5.73 Å². The maximum atomic E-state index is 11.9. The third-order valence-corrected chi connectivity index (χ3v) is 2.46. The molecular formula is C13H14N2O6. The zero-order chi connectivity index (χ0) is 16.0. The molecule has 1 unspecified atom stereocenters. The molecule has 1 aromatic carbocycles. The van der Waals surface area contributed by atoms with E-state index in [9.17, 15) is 19.2 Å². The lowest BCUT2D eigenvalue weighted by molar-refractivity contribution is -0.257. The predicted octanol–water partition coefficient (Wildman–Crippen LogP) is -0.241. The van der Waals surface area contributed by atoms with Gasteiger partial charge in [-0.25, -0.2) is 19.4 Å². The number of rotatable bonds is 5. The molecule has 0 saturated heterocycles. The van der Waals surface area contributed by atoms with Gasteiger partial charge in [-0.05, 0) is 12.1 Å². The summed E-state index contributed by atoms with van der Waals surface area (Å²) in [6, 6.07) is 4.94. The Morgan fingerprint density at radius 1 is 1.14 bits per heavy atom. The Hall–Kier alpha value is -2.74. The van der Waals surface area contributed by atoms with Crippen molar-refractivity contribution in [3.8, 4) is 0 Å². The molecule has 4 N–H and O–H groups in total. The van der Waals surface area contributed by atoms with Crippen LogP contribution in [0.4, 0.5) is 5.69 Å².